The molecule has 62 heavy (non-hydrogen) atoms. The van der Waals surface area contributed by atoms with Crippen LogP contribution in [0.4, 0.5) is 0 Å². The highest BCUT2D eigenvalue weighted by Gasteiger charge is 2.52. The molecule has 4 aromatic rings. The van der Waals surface area contributed by atoms with Crippen LogP contribution >= 0.6 is 0 Å². The molecule has 0 bridgehead atoms. The van der Waals surface area contributed by atoms with Crippen LogP contribution in [-0.2, 0) is 23.9 Å². The second-order valence-corrected chi connectivity index (χ2v) is 16.3. The number of hydroxylamine groups is 2. The van der Waals surface area contributed by atoms with Gasteiger partial charge in [0.05, 0.1) is 10.9 Å². The van der Waals surface area contributed by atoms with Crippen LogP contribution < -0.4 is 20.5 Å². The van der Waals surface area contributed by atoms with Crippen LogP contribution in [0.3, 0.4) is 0 Å². The highest BCUT2D eigenvalue weighted by molar-refractivity contribution is 5.95. The molecule has 1 aliphatic carbocycles. The number of benzene rings is 3. The predicted octanol–water partition coefficient (Wildman–Crippen LogP) is 2.71. The van der Waals surface area contributed by atoms with Crippen LogP contribution in [0, 0.1) is 19.8 Å². The van der Waals surface area contributed by atoms with Gasteiger partial charge in [-0.25, -0.2) is 4.99 Å². The van der Waals surface area contributed by atoms with Crippen molar-refractivity contribution < 1.29 is 63.7 Å². The van der Waals surface area contributed by atoms with E-state index in [0.717, 1.165) is 47.9 Å². The summed E-state index contributed by atoms with van der Waals surface area (Å²) in [7, 11) is 0. The number of aliphatic hydroxyl groups excluding tert-OH is 3. The maximum absolute atomic E-state index is 13.6. The van der Waals surface area contributed by atoms with Gasteiger partial charge in [0.2, 0.25) is 12.4 Å². The Labute approximate surface area is 356 Å². The van der Waals surface area contributed by atoms with Crippen LogP contribution in [0.5, 0.6) is 11.5 Å². The number of esters is 1. The van der Waals surface area contributed by atoms with Crippen molar-refractivity contribution in [2.75, 3.05) is 19.8 Å². The van der Waals surface area contributed by atoms with Gasteiger partial charge < -0.3 is 49.5 Å². The number of carbonyl (C=O) groups is 2. The number of aromatic hydroxyl groups is 1. The molecule has 8 atom stereocenters. The third-order valence-electron chi connectivity index (χ3n) is 11.8. The Morgan fingerprint density at radius 3 is 2.44 bits per heavy atom. The topological polar surface area (TPSA) is 231 Å². The maximum Gasteiger partial charge on any atom is 0.322 e. The van der Waals surface area contributed by atoms with Gasteiger partial charge in [-0.3, -0.25) is 14.4 Å². The standard InChI is InChI=1S/C46H49N3O13/c1-24-17-25(2)19-28(18-24)39-38-27(13-15-47-38)21-49(39)62-43-42(54)41(53)36(23-59-45(57)37(44(55)56)34(14-16-50)48-29-5-3-4-6-29)61-46(43)60-31-11-12-32-35(20-31)58-22-33(40(32)52)26-7-9-30(51)10-8-26/h7-13,15,17-20,22,29,34,36-37,41-43,46,48,50-51,53-54H,3-6,14,16,21,23H2,1-2H3,(H,55,56)/p+1/t34-,36-,37-,41-,42+,43-,46-/m0/s1. The van der Waals surface area contributed by atoms with Crippen molar-refractivity contribution in [3.05, 3.63) is 111 Å². The summed E-state index contributed by atoms with van der Waals surface area (Å²) in [5.74, 6) is -4.04. The van der Waals surface area contributed by atoms with Crippen molar-refractivity contribution in [1.82, 2.24) is 5.32 Å². The Morgan fingerprint density at radius 2 is 1.73 bits per heavy atom. The van der Waals surface area contributed by atoms with Crippen LogP contribution in [-0.4, -0.2) is 106 Å². The second kappa shape index (κ2) is 18.3. The van der Waals surface area contributed by atoms with Gasteiger partial charge >= 0.3 is 11.9 Å². The molecule has 7 N–H and O–H groups in total. The number of nitrogens with one attached hydrogen (secondary N) is 2. The van der Waals surface area contributed by atoms with Gasteiger partial charge in [0, 0.05) is 42.1 Å². The molecule has 2 fully saturated rings. The van der Waals surface area contributed by atoms with E-state index in [-0.39, 0.29) is 52.5 Å². The van der Waals surface area contributed by atoms with Crippen LogP contribution in [0.1, 0.15) is 48.8 Å². The second-order valence-electron chi connectivity index (χ2n) is 16.3. The normalized spacial score (nSPS) is 24.6. The Hall–Kier alpha value is -5.72. The van der Waals surface area contributed by atoms with Gasteiger partial charge in [-0.1, -0.05) is 42.2 Å². The zero-order valence-corrected chi connectivity index (χ0v) is 34.2. The lowest BCUT2D eigenvalue weighted by molar-refractivity contribution is -1.04. The van der Waals surface area contributed by atoms with Crippen molar-refractivity contribution in [3.8, 4) is 22.6 Å². The van der Waals surface area contributed by atoms with E-state index in [0.29, 0.717) is 28.6 Å². The van der Waals surface area contributed by atoms with Crippen LogP contribution in [0.2, 0.25) is 0 Å². The van der Waals surface area contributed by atoms with Crippen LogP contribution in [0.25, 0.3) is 27.8 Å². The lowest BCUT2D eigenvalue weighted by Gasteiger charge is -2.41. The lowest BCUT2D eigenvalue weighted by atomic mass is 9.95. The maximum atomic E-state index is 13.6. The third kappa shape index (κ3) is 8.94. The monoisotopic (exact) mass is 852 g/mol. The number of aryl methyl sites for hydroxylation is 2. The molecule has 16 nitrogen and oxygen atoms in total. The molecule has 1 aromatic heterocycles. The molecule has 4 heterocycles. The van der Waals surface area contributed by atoms with Crippen LogP contribution in [0.15, 0.2) is 98.5 Å². The summed E-state index contributed by atoms with van der Waals surface area (Å²) in [4.78, 5) is 50.8. The number of rotatable bonds is 15. The number of allylic oxidation sites excluding steroid dienone is 1. The minimum atomic E-state index is -1.70. The molecule has 3 aromatic carbocycles. The number of phenols is 1. The Bertz CT molecular complexity index is 2450. The fourth-order valence-corrected chi connectivity index (χ4v) is 8.80. The molecule has 1 saturated heterocycles. The number of quaternary nitrogens is 1. The number of aliphatic imine (C=N–C) groups is 1. The van der Waals surface area contributed by atoms with Gasteiger partial charge in [0.15, 0.2) is 17.0 Å². The molecule has 326 valence electrons. The molecule has 16 heteroatoms. The molecule has 3 aliphatic heterocycles. The van der Waals surface area contributed by atoms with E-state index in [1.165, 1.54) is 36.6 Å². The van der Waals surface area contributed by atoms with Crippen molar-refractivity contribution in [2.45, 2.75) is 88.7 Å². The number of carboxylic acids is 1. The number of carbonyl (C=O) groups excluding carboxylic acids is 1. The summed E-state index contributed by atoms with van der Waals surface area (Å²) in [5.41, 5.74) is 5.85. The number of aliphatic hydroxyl groups is 3. The smallest absolute Gasteiger partial charge is 0.322 e. The number of ether oxygens (including phenoxy) is 3. The molecule has 4 aliphatic rings. The number of hydrogen-bond acceptors (Lipinski definition) is 14. The molecular weight excluding hydrogens is 803 g/mol. The van der Waals surface area contributed by atoms with Crippen molar-refractivity contribution in [2.24, 2.45) is 10.9 Å². The van der Waals surface area contributed by atoms with Gasteiger partial charge in [-0.05, 0) is 81.1 Å². The Morgan fingerprint density at radius 1 is 0.984 bits per heavy atom. The van der Waals surface area contributed by atoms with Gasteiger partial charge in [0.1, 0.15) is 60.5 Å². The third-order valence-corrected chi connectivity index (χ3v) is 11.8. The Balaban J connectivity index is 1.08. The minimum Gasteiger partial charge on any atom is -0.508 e. The average Bonchev–Trinajstić information content (AvgIpc) is 3.99. The molecule has 0 amide bonds. The fraction of sp³-hybridized carbons (Fsp3) is 0.391. The van der Waals surface area contributed by atoms with E-state index in [9.17, 15) is 39.9 Å². The van der Waals surface area contributed by atoms with Gasteiger partial charge in [-0.2, -0.15) is 9.90 Å². The summed E-state index contributed by atoms with van der Waals surface area (Å²) < 4.78 is 24.0. The highest BCUT2D eigenvalue weighted by Crippen LogP contribution is 2.32. The minimum absolute atomic E-state index is 0.00867. The van der Waals surface area contributed by atoms with Crippen molar-refractivity contribution in [3.63, 3.8) is 0 Å². The van der Waals surface area contributed by atoms with Crippen molar-refractivity contribution in [1.29, 1.82) is 0 Å². The number of fused-ring (bicyclic) bond motifs is 2. The summed E-state index contributed by atoms with van der Waals surface area (Å²) >= 11 is 0. The summed E-state index contributed by atoms with van der Waals surface area (Å²) in [6.45, 7) is 3.26. The highest BCUT2D eigenvalue weighted by atomic mass is 16.8. The number of nitrogens with zero attached hydrogens (tertiary/aromatic N) is 1. The molecule has 1 saturated carbocycles. The first-order valence-corrected chi connectivity index (χ1v) is 20.8. The first-order valence-electron chi connectivity index (χ1n) is 20.8. The first kappa shape index (κ1) is 42.9. The first-order chi connectivity index (χ1) is 29.9. The van der Waals surface area contributed by atoms with E-state index < -0.39 is 61.2 Å². The largest absolute Gasteiger partial charge is 0.508 e. The fourth-order valence-electron chi connectivity index (χ4n) is 8.80. The van der Waals surface area contributed by atoms with E-state index >= 15 is 0 Å². The predicted molar refractivity (Wildman–Crippen MR) is 224 cm³/mol. The molecule has 0 spiro atoms. The number of hydrogen-bond donors (Lipinski definition) is 7. The SMILES string of the molecule is Cc1cc(C)cc(C2=C3N=CC=C3C[NH+]2O[C@@H]2[C@@H](Oc3ccc4c(=O)c(-c5ccc(O)cc5)coc4c3)O[C@@H](COC(=O)[C@H](C(=O)O)[C@H](CCO)NC3CCCC3)[C@H](O)[C@H]2O)c1. The zero-order valence-electron chi connectivity index (χ0n) is 34.2. The summed E-state index contributed by atoms with van der Waals surface area (Å²) in [6, 6.07) is 15.7. The van der Waals surface area contributed by atoms with Crippen molar-refractivity contribution >= 4 is 34.8 Å². The quantitative estimate of drug-likeness (QED) is 0.0674. The van der Waals surface area contributed by atoms with E-state index in [4.69, 9.17) is 23.5 Å². The number of aliphatic carboxylic acids is 1. The number of phenolic OH excluding ortho intramolecular Hbond substituents is 1. The Kier molecular flexibility index (Phi) is 12.7. The van der Waals surface area contributed by atoms with E-state index in [2.05, 4.69) is 10.3 Å². The molecule has 0 radical (unpaired) electrons. The average molecular weight is 853 g/mol. The van der Waals surface area contributed by atoms with E-state index in [1.807, 2.05) is 38.1 Å². The molecular formula is C46H50N3O13+. The van der Waals surface area contributed by atoms with Gasteiger partial charge in [-0.15, -0.1) is 0 Å². The summed E-state index contributed by atoms with van der Waals surface area (Å²) in [5, 5.41) is 56.9. The summed E-state index contributed by atoms with van der Waals surface area (Å²) in [6.07, 6.45) is 0.754. The lowest BCUT2D eigenvalue weighted by Crippen LogP contribution is -3.08. The zero-order chi connectivity index (χ0) is 43.7. The van der Waals surface area contributed by atoms with Gasteiger partial charge in [0.25, 0.3) is 0 Å². The van der Waals surface area contributed by atoms with E-state index in [1.54, 1.807) is 18.3 Å². The molecule has 1 unspecified atom stereocenters. The number of carboxylic acid groups (broad SMARTS) is 1. The molecule has 8 rings (SSSR count).